The van der Waals surface area contributed by atoms with Crippen LogP contribution in [0.5, 0.6) is 0 Å². The van der Waals surface area contributed by atoms with Gasteiger partial charge in [0.1, 0.15) is 11.7 Å². The van der Waals surface area contributed by atoms with Gasteiger partial charge in [0.05, 0.1) is 6.04 Å². The van der Waals surface area contributed by atoms with Crippen molar-refractivity contribution in [2.45, 2.75) is 89.8 Å². The minimum absolute atomic E-state index is 0.0140. The number of rotatable bonds is 10. The van der Waals surface area contributed by atoms with Gasteiger partial charge in [0.15, 0.2) is 0 Å². The highest BCUT2D eigenvalue weighted by Crippen LogP contribution is 2.28. The molecule has 216 valence electrons. The van der Waals surface area contributed by atoms with Gasteiger partial charge in [0.2, 0.25) is 17.6 Å². The number of amides is 4. The quantitative estimate of drug-likeness (QED) is 0.288. The van der Waals surface area contributed by atoms with E-state index in [2.05, 4.69) is 26.3 Å². The van der Waals surface area contributed by atoms with Crippen LogP contribution in [0.3, 0.4) is 0 Å². The number of ketones is 1. The maximum Gasteiger partial charge on any atom is 0.290 e. The molecule has 3 atom stereocenters. The number of hydrogen-bond donors (Lipinski definition) is 5. The first-order valence-electron chi connectivity index (χ1n) is 14.3. The molecule has 5 N–H and O–H groups in total. The third kappa shape index (κ3) is 7.70. The smallest absolute Gasteiger partial charge is 0.290 e. The van der Waals surface area contributed by atoms with Crippen molar-refractivity contribution in [2.24, 2.45) is 11.8 Å². The van der Waals surface area contributed by atoms with Crippen LogP contribution in [0.15, 0.2) is 30.3 Å². The van der Waals surface area contributed by atoms with Gasteiger partial charge in [0, 0.05) is 28.9 Å². The minimum atomic E-state index is -1.19. The summed E-state index contributed by atoms with van der Waals surface area (Å²) < 4.78 is 0. The number of nitrogens with one attached hydrogen (secondary N) is 5. The van der Waals surface area contributed by atoms with E-state index in [0.29, 0.717) is 25.1 Å². The lowest BCUT2D eigenvalue weighted by molar-refractivity contribution is -0.141. The second-order valence-electron chi connectivity index (χ2n) is 12.2. The van der Waals surface area contributed by atoms with Gasteiger partial charge in [-0.25, -0.2) is 0 Å². The van der Waals surface area contributed by atoms with Gasteiger partial charge in [-0.15, -0.1) is 0 Å². The van der Waals surface area contributed by atoms with Gasteiger partial charge in [-0.3, -0.25) is 24.0 Å². The maximum atomic E-state index is 13.7. The molecule has 2 fully saturated rings. The number of fused-ring (bicyclic) bond motifs is 1. The summed E-state index contributed by atoms with van der Waals surface area (Å²) in [7, 11) is 0. The number of hydrogen-bond acceptors (Lipinski definition) is 5. The second kappa shape index (κ2) is 12.7. The molecule has 0 radical (unpaired) electrons. The number of para-hydroxylation sites is 1. The molecule has 0 spiro atoms. The summed E-state index contributed by atoms with van der Waals surface area (Å²) in [4.78, 5) is 68.4. The molecular formula is C30H41N5O5. The second-order valence-corrected chi connectivity index (χ2v) is 12.2. The van der Waals surface area contributed by atoms with Crippen LogP contribution in [0.4, 0.5) is 0 Å². The first-order valence-corrected chi connectivity index (χ1v) is 14.3. The van der Waals surface area contributed by atoms with E-state index in [1.165, 1.54) is 0 Å². The molecule has 1 saturated carbocycles. The topological polar surface area (TPSA) is 149 Å². The van der Waals surface area contributed by atoms with Gasteiger partial charge in [-0.2, -0.15) is 0 Å². The highest BCUT2D eigenvalue weighted by Gasteiger charge is 2.37. The highest BCUT2D eigenvalue weighted by molar-refractivity contribution is 6.38. The summed E-state index contributed by atoms with van der Waals surface area (Å²) in [6.07, 6.45) is 6.17. The Hall–Kier alpha value is -3.69. The standard InChI is InChI=1S/C30H41N5O5/c1-30(2,3)35-29(40)25(36)22(17-20-13-14-31-26(20)37)33-27(38)23(15-18-9-5-4-6-10-18)34-28(39)24-16-19-11-7-8-12-21(19)32-24/h7-8,11-12,16,18,20,22-23,32H,4-6,9-10,13-15,17H2,1-3H3,(H,31,37)(H,33,38)(H,34,39)(H,35,40)/t20-,22-,23-/m0/s1. The Balaban J connectivity index is 1.54. The van der Waals surface area contributed by atoms with Gasteiger partial charge < -0.3 is 26.3 Å². The number of H-pyrrole nitrogens is 1. The first kappa shape index (κ1) is 29.3. The normalized spacial score (nSPS) is 19.5. The molecule has 0 bridgehead atoms. The molecule has 1 saturated heterocycles. The van der Waals surface area contributed by atoms with Crippen molar-refractivity contribution in [1.82, 2.24) is 26.3 Å². The molecule has 2 aromatic rings. The van der Waals surface area contributed by atoms with Crippen molar-refractivity contribution in [2.75, 3.05) is 6.54 Å². The molecule has 1 aliphatic heterocycles. The molecule has 4 amide bonds. The lowest BCUT2D eigenvalue weighted by Gasteiger charge is -2.28. The van der Waals surface area contributed by atoms with E-state index in [1.54, 1.807) is 26.8 Å². The van der Waals surface area contributed by atoms with E-state index in [1.807, 2.05) is 24.3 Å². The van der Waals surface area contributed by atoms with Crippen molar-refractivity contribution >= 4 is 40.3 Å². The van der Waals surface area contributed by atoms with E-state index >= 15 is 0 Å². The molecule has 2 aliphatic rings. The number of aromatic nitrogens is 1. The summed E-state index contributed by atoms with van der Waals surface area (Å²) in [6.45, 7) is 5.76. The van der Waals surface area contributed by atoms with Crippen molar-refractivity contribution in [3.05, 3.63) is 36.0 Å². The maximum absolute atomic E-state index is 13.7. The predicted molar refractivity (Wildman–Crippen MR) is 151 cm³/mol. The van der Waals surface area contributed by atoms with E-state index in [4.69, 9.17) is 0 Å². The summed E-state index contributed by atoms with van der Waals surface area (Å²) in [5, 5.41) is 11.9. The lowest BCUT2D eigenvalue weighted by atomic mass is 9.84. The Morgan fingerprint density at radius 1 is 0.950 bits per heavy atom. The van der Waals surface area contributed by atoms with Gasteiger partial charge in [-0.1, -0.05) is 50.3 Å². The summed E-state index contributed by atoms with van der Waals surface area (Å²) in [5.41, 5.74) is 0.497. The zero-order valence-corrected chi connectivity index (χ0v) is 23.6. The van der Waals surface area contributed by atoms with Crippen LogP contribution < -0.4 is 21.3 Å². The molecule has 1 aromatic heterocycles. The molecule has 10 nitrogen and oxygen atoms in total. The van der Waals surface area contributed by atoms with Crippen molar-refractivity contribution in [1.29, 1.82) is 0 Å². The minimum Gasteiger partial charge on any atom is -0.356 e. The SMILES string of the molecule is CC(C)(C)NC(=O)C(=O)[C@H](C[C@@H]1CCNC1=O)NC(=O)[C@H](CC1CCCCC1)NC(=O)c1cc2ccccc2[nH]1. The van der Waals surface area contributed by atoms with Crippen LogP contribution in [0.1, 0.15) is 82.6 Å². The van der Waals surface area contributed by atoms with Crippen molar-refractivity contribution in [3.8, 4) is 0 Å². The van der Waals surface area contributed by atoms with E-state index in [-0.39, 0.29) is 18.2 Å². The first-order chi connectivity index (χ1) is 19.0. The summed E-state index contributed by atoms with van der Waals surface area (Å²) in [6, 6.07) is 7.17. The number of aromatic amines is 1. The van der Waals surface area contributed by atoms with Crippen LogP contribution in [0.25, 0.3) is 10.9 Å². The van der Waals surface area contributed by atoms with E-state index in [0.717, 1.165) is 43.0 Å². The average molecular weight is 552 g/mol. The number of Topliss-reactive ketones (excluding diaryl/α,β-unsaturated/α-hetero) is 1. The van der Waals surface area contributed by atoms with E-state index in [9.17, 15) is 24.0 Å². The number of benzene rings is 1. The lowest BCUT2D eigenvalue weighted by Crippen LogP contribution is -2.56. The molecule has 10 heteroatoms. The Morgan fingerprint density at radius 3 is 2.33 bits per heavy atom. The molecule has 40 heavy (non-hydrogen) atoms. The third-order valence-electron chi connectivity index (χ3n) is 7.72. The van der Waals surface area contributed by atoms with Crippen LogP contribution >= 0.6 is 0 Å². The monoisotopic (exact) mass is 551 g/mol. The predicted octanol–water partition coefficient (Wildman–Crippen LogP) is 2.73. The fourth-order valence-electron chi connectivity index (χ4n) is 5.64. The van der Waals surface area contributed by atoms with Crippen molar-refractivity contribution < 1.29 is 24.0 Å². The largest absolute Gasteiger partial charge is 0.356 e. The Labute approximate surface area is 234 Å². The fourth-order valence-corrected chi connectivity index (χ4v) is 5.64. The highest BCUT2D eigenvalue weighted by atomic mass is 16.2. The summed E-state index contributed by atoms with van der Waals surface area (Å²) in [5.74, 6) is -3.01. The number of carbonyl (C=O) groups excluding carboxylic acids is 5. The molecule has 1 aromatic carbocycles. The molecule has 4 rings (SSSR count). The van der Waals surface area contributed by atoms with Crippen LogP contribution in [0, 0.1) is 11.8 Å². The molecule has 0 unspecified atom stereocenters. The Kier molecular flexibility index (Phi) is 9.27. The van der Waals surface area contributed by atoms with Gasteiger partial charge >= 0.3 is 0 Å². The number of carbonyl (C=O) groups is 5. The van der Waals surface area contributed by atoms with Crippen molar-refractivity contribution in [3.63, 3.8) is 0 Å². The average Bonchev–Trinajstić information content (AvgIpc) is 3.53. The van der Waals surface area contributed by atoms with Crippen LogP contribution in [-0.2, 0) is 19.2 Å². The van der Waals surface area contributed by atoms with Crippen LogP contribution in [0.2, 0.25) is 0 Å². The van der Waals surface area contributed by atoms with Gasteiger partial charge in [0.25, 0.3) is 11.8 Å². The zero-order chi connectivity index (χ0) is 28.9. The summed E-state index contributed by atoms with van der Waals surface area (Å²) >= 11 is 0. The molecule has 2 heterocycles. The third-order valence-corrected chi connectivity index (χ3v) is 7.72. The van der Waals surface area contributed by atoms with Gasteiger partial charge in [-0.05, 0) is 58.1 Å². The fraction of sp³-hybridized carbons (Fsp3) is 0.567. The Morgan fingerprint density at radius 2 is 1.68 bits per heavy atom. The molecule has 1 aliphatic carbocycles. The van der Waals surface area contributed by atoms with Crippen LogP contribution in [-0.4, -0.2) is 58.6 Å². The Bertz CT molecular complexity index is 1220. The zero-order valence-electron chi connectivity index (χ0n) is 23.6. The molecular weight excluding hydrogens is 510 g/mol. The van der Waals surface area contributed by atoms with E-state index < -0.39 is 47.0 Å².